The molecular weight excluding hydrogens is 402 g/mol. The molecule has 2 aromatic carbocycles. The second kappa shape index (κ2) is 10.7. The number of anilines is 1. The van der Waals surface area contributed by atoms with Gasteiger partial charge in [0.15, 0.2) is 0 Å². The average molecular weight is 439 g/mol. The van der Waals surface area contributed by atoms with Crippen molar-refractivity contribution in [2.24, 2.45) is 0 Å². The first-order valence-corrected chi connectivity index (χ1v) is 11.4. The zero-order valence-corrected chi connectivity index (χ0v) is 20.2. The lowest BCUT2D eigenvalue weighted by Crippen LogP contribution is -2.21. The Bertz CT molecular complexity index is 946. The van der Waals surface area contributed by atoms with Gasteiger partial charge in [-0.05, 0) is 59.9 Å². The first kappa shape index (κ1) is 25.4. The second-order valence-electron chi connectivity index (χ2n) is 9.55. The largest absolute Gasteiger partial charge is 0.493 e. The van der Waals surface area contributed by atoms with E-state index in [1.165, 1.54) is 23.3 Å². The maximum atomic E-state index is 12.2. The number of rotatable bonds is 11. The van der Waals surface area contributed by atoms with E-state index >= 15 is 0 Å². The highest BCUT2D eigenvalue weighted by Crippen LogP contribution is 2.38. The van der Waals surface area contributed by atoms with Gasteiger partial charge in [-0.1, -0.05) is 59.7 Å². The van der Waals surface area contributed by atoms with Gasteiger partial charge in [0.1, 0.15) is 5.75 Å². The minimum absolute atomic E-state index is 0.0173. The Morgan fingerprint density at radius 3 is 2.25 bits per heavy atom. The van der Waals surface area contributed by atoms with Gasteiger partial charge in [-0.25, -0.2) is 9.90 Å². The molecule has 0 aliphatic carbocycles. The molecular formula is C27H36NO4. The van der Waals surface area contributed by atoms with Crippen LogP contribution < -0.4 is 10.1 Å². The van der Waals surface area contributed by atoms with Crippen molar-refractivity contribution >= 4 is 17.6 Å². The molecule has 1 amide bonds. The van der Waals surface area contributed by atoms with E-state index < -0.39 is 5.97 Å². The van der Waals surface area contributed by atoms with Gasteiger partial charge in [0.05, 0.1) is 12.2 Å². The van der Waals surface area contributed by atoms with Crippen molar-refractivity contribution in [3.63, 3.8) is 0 Å². The minimum atomic E-state index is -1.27. The van der Waals surface area contributed by atoms with E-state index in [0.717, 1.165) is 18.6 Å². The lowest BCUT2D eigenvalue weighted by Gasteiger charge is -2.30. The predicted molar refractivity (Wildman–Crippen MR) is 128 cm³/mol. The second-order valence-corrected chi connectivity index (χ2v) is 9.55. The van der Waals surface area contributed by atoms with E-state index in [1.807, 2.05) is 0 Å². The molecule has 0 bridgehead atoms. The summed E-state index contributed by atoms with van der Waals surface area (Å²) >= 11 is 0. The quantitative estimate of drug-likeness (QED) is 0.411. The zero-order valence-electron chi connectivity index (χ0n) is 20.2. The van der Waals surface area contributed by atoms with Crippen molar-refractivity contribution in [2.75, 3.05) is 11.9 Å². The Morgan fingerprint density at radius 2 is 1.62 bits per heavy atom. The third kappa shape index (κ3) is 6.59. The van der Waals surface area contributed by atoms with Crippen LogP contribution in [0.25, 0.3) is 0 Å². The van der Waals surface area contributed by atoms with Crippen molar-refractivity contribution in [1.29, 1.82) is 0 Å². The molecule has 32 heavy (non-hydrogen) atoms. The molecule has 0 spiro atoms. The molecule has 0 aromatic heterocycles. The summed E-state index contributed by atoms with van der Waals surface area (Å²) in [5.74, 6) is -0.582. The van der Waals surface area contributed by atoms with E-state index in [9.17, 15) is 14.7 Å². The molecule has 173 valence electrons. The van der Waals surface area contributed by atoms with E-state index in [-0.39, 0.29) is 28.7 Å². The Balaban J connectivity index is 2.00. The molecule has 2 aromatic rings. The van der Waals surface area contributed by atoms with Crippen molar-refractivity contribution < 1.29 is 19.4 Å². The third-order valence-corrected chi connectivity index (χ3v) is 6.45. The smallest absolute Gasteiger partial charge is 0.386 e. The van der Waals surface area contributed by atoms with Crippen LogP contribution >= 0.6 is 0 Å². The summed E-state index contributed by atoms with van der Waals surface area (Å²) in [6, 6.07) is 12.5. The van der Waals surface area contributed by atoms with Gasteiger partial charge in [0.25, 0.3) is 0 Å². The zero-order chi connectivity index (χ0) is 23.9. The number of carbonyl (C=O) groups excluding carboxylic acids is 2. The SMILES string of the molecule is CCC(C)(C)c1ccc(OCCCC(=O)Nc2cccc(C([O])=O)c2)c(C(C)(C)CC)c1. The molecule has 0 saturated heterocycles. The van der Waals surface area contributed by atoms with Crippen LogP contribution in [0.1, 0.15) is 88.7 Å². The summed E-state index contributed by atoms with van der Waals surface area (Å²) in [5.41, 5.74) is 3.06. The molecule has 0 fully saturated rings. The van der Waals surface area contributed by atoms with E-state index in [4.69, 9.17) is 4.74 Å². The van der Waals surface area contributed by atoms with Gasteiger partial charge in [0.2, 0.25) is 5.91 Å². The molecule has 0 heterocycles. The highest BCUT2D eigenvalue weighted by Gasteiger charge is 2.26. The normalized spacial score (nSPS) is 11.8. The number of nitrogens with one attached hydrogen (secondary N) is 1. The van der Waals surface area contributed by atoms with Crippen LogP contribution in [-0.2, 0) is 20.7 Å². The van der Waals surface area contributed by atoms with Crippen molar-refractivity contribution in [3.05, 3.63) is 59.2 Å². The number of hydrogen-bond donors (Lipinski definition) is 1. The predicted octanol–water partition coefficient (Wildman–Crippen LogP) is 6.43. The molecule has 5 heteroatoms. The van der Waals surface area contributed by atoms with E-state index in [1.54, 1.807) is 12.1 Å². The fourth-order valence-electron chi connectivity index (χ4n) is 3.36. The Hall–Kier alpha value is -2.82. The van der Waals surface area contributed by atoms with Gasteiger partial charge in [-0.3, -0.25) is 4.79 Å². The third-order valence-electron chi connectivity index (χ3n) is 6.45. The van der Waals surface area contributed by atoms with Crippen LogP contribution in [-0.4, -0.2) is 18.5 Å². The summed E-state index contributed by atoms with van der Waals surface area (Å²) in [4.78, 5) is 23.2. The molecule has 0 aliphatic rings. The van der Waals surface area contributed by atoms with Crippen LogP contribution in [0.2, 0.25) is 0 Å². The van der Waals surface area contributed by atoms with Crippen LogP contribution in [0.3, 0.4) is 0 Å². The Kier molecular flexibility index (Phi) is 8.48. The first-order chi connectivity index (χ1) is 15.0. The highest BCUT2D eigenvalue weighted by atomic mass is 16.5. The summed E-state index contributed by atoms with van der Waals surface area (Å²) in [6.07, 6.45) is 2.89. The molecule has 0 saturated carbocycles. The molecule has 1 N–H and O–H groups in total. The minimum Gasteiger partial charge on any atom is -0.493 e. The summed E-state index contributed by atoms with van der Waals surface area (Å²) in [7, 11) is 0. The summed E-state index contributed by atoms with van der Waals surface area (Å²) in [6.45, 7) is 13.8. The van der Waals surface area contributed by atoms with E-state index in [0.29, 0.717) is 18.7 Å². The first-order valence-electron chi connectivity index (χ1n) is 11.4. The molecule has 0 aliphatic heterocycles. The molecule has 5 nitrogen and oxygen atoms in total. The average Bonchev–Trinajstić information content (AvgIpc) is 2.76. The number of carbonyl (C=O) groups is 2. The molecule has 2 rings (SSSR count). The monoisotopic (exact) mass is 438 g/mol. The number of amides is 1. The molecule has 0 unspecified atom stereocenters. The maximum absolute atomic E-state index is 12.2. The van der Waals surface area contributed by atoms with Crippen LogP contribution in [0.15, 0.2) is 42.5 Å². The summed E-state index contributed by atoms with van der Waals surface area (Å²) < 4.78 is 6.11. The standard InChI is InChI=1S/C27H36NO4/c1-7-26(3,4)20-14-15-23(22(18-20)27(5,6)8-2)32-16-10-13-24(29)28-21-12-9-11-19(17-21)25(30)31/h9,11-12,14-15,17-18H,7-8,10,13,16H2,1-6H3,(H,28,29). The Morgan fingerprint density at radius 1 is 0.938 bits per heavy atom. The van der Waals surface area contributed by atoms with E-state index in [2.05, 4.69) is 65.1 Å². The van der Waals surface area contributed by atoms with Gasteiger partial charge >= 0.3 is 5.97 Å². The van der Waals surface area contributed by atoms with Crippen LogP contribution in [0.4, 0.5) is 5.69 Å². The summed E-state index contributed by atoms with van der Waals surface area (Å²) in [5, 5.41) is 13.7. The molecule has 0 atom stereocenters. The van der Waals surface area contributed by atoms with Gasteiger partial charge < -0.3 is 10.1 Å². The lowest BCUT2D eigenvalue weighted by atomic mass is 9.76. The van der Waals surface area contributed by atoms with Crippen LogP contribution in [0.5, 0.6) is 5.75 Å². The number of benzene rings is 2. The maximum Gasteiger partial charge on any atom is 0.386 e. The highest BCUT2D eigenvalue weighted by molar-refractivity contribution is 5.93. The topological polar surface area (TPSA) is 75.3 Å². The Labute approximate surface area is 192 Å². The lowest BCUT2D eigenvalue weighted by molar-refractivity contribution is -0.116. The molecule has 1 radical (unpaired) electrons. The van der Waals surface area contributed by atoms with Gasteiger partial charge in [-0.15, -0.1) is 0 Å². The van der Waals surface area contributed by atoms with Gasteiger partial charge in [0, 0.05) is 17.7 Å². The fourth-order valence-corrected chi connectivity index (χ4v) is 3.36. The van der Waals surface area contributed by atoms with Crippen molar-refractivity contribution in [2.45, 2.75) is 78.1 Å². The number of ether oxygens (including phenoxy) is 1. The van der Waals surface area contributed by atoms with Crippen LogP contribution in [0, 0.1) is 0 Å². The van der Waals surface area contributed by atoms with Crippen molar-refractivity contribution in [3.8, 4) is 5.75 Å². The fraction of sp³-hybridized carbons (Fsp3) is 0.481. The van der Waals surface area contributed by atoms with Crippen molar-refractivity contribution in [1.82, 2.24) is 0 Å². The van der Waals surface area contributed by atoms with Gasteiger partial charge in [-0.2, -0.15) is 0 Å². The number of hydrogen-bond acceptors (Lipinski definition) is 3.